The molecule has 2 atom stereocenters. The van der Waals surface area contributed by atoms with E-state index in [-0.39, 0.29) is 76.2 Å². The number of likely N-dealkylation sites (tertiary alicyclic amines) is 1. The zero-order chi connectivity index (χ0) is 38.3. The number of aryl methyl sites for hydroxylation is 2. The summed E-state index contributed by atoms with van der Waals surface area (Å²) in [6, 6.07) is 12.4. The fraction of sp³-hybridized carbons (Fsp3) is 0.333. The van der Waals surface area contributed by atoms with E-state index in [1.807, 2.05) is 19.1 Å². The average Bonchev–Trinajstić information content (AvgIpc) is 3.54. The number of nitrogen functional groups attached to an aromatic ring is 2. The SMILES string of the molecule is COC(=O)Cc1cc(C#CCOC(=O)Cc2ccnc(N)c2)cc(C#CCOC(=O)NC2CC(C(=O)OC)N(C(=O)CCc3ccc(N)cc3C)C2)c1.Cl.Cl. The van der Waals surface area contributed by atoms with E-state index in [0.717, 1.165) is 11.1 Å². The van der Waals surface area contributed by atoms with Crippen molar-refractivity contribution in [2.75, 3.05) is 45.4 Å². The van der Waals surface area contributed by atoms with Crippen LogP contribution in [0.5, 0.6) is 0 Å². The lowest BCUT2D eigenvalue weighted by molar-refractivity contribution is -0.150. The van der Waals surface area contributed by atoms with E-state index in [1.165, 1.54) is 25.3 Å². The number of methoxy groups -OCH3 is 2. The summed E-state index contributed by atoms with van der Waals surface area (Å²) in [5, 5.41) is 2.70. The maximum absolute atomic E-state index is 13.2. The predicted molar refractivity (Wildman–Crippen MR) is 208 cm³/mol. The molecular formula is C39H43Cl2N5O9. The summed E-state index contributed by atoms with van der Waals surface area (Å²) >= 11 is 0. The van der Waals surface area contributed by atoms with E-state index in [2.05, 4.69) is 34.0 Å². The number of halogens is 2. The van der Waals surface area contributed by atoms with E-state index in [9.17, 15) is 24.0 Å². The van der Waals surface area contributed by atoms with Crippen molar-refractivity contribution in [1.82, 2.24) is 15.2 Å². The topological polar surface area (TPSA) is 202 Å². The van der Waals surface area contributed by atoms with E-state index >= 15 is 0 Å². The molecule has 1 aliphatic rings. The largest absolute Gasteiger partial charge is 0.469 e. The average molecular weight is 797 g/mol. The Hall–Kier alpha value is -5.96. The van der Waals surface area contributed by atoms with E-state index < -0.39 is 36.1 Å². The summed E-state index contributed by atoms with van der Waals surface area (Å²) in [5.41, 5.74) is 16.3. The number of hydrogen-bond donors (Lipinski definition) is 3. The molecule has 2 aromatic carbocycles. The minimum absolute atomic E-state index is 0. The Kier molecular flexibility index (Phi) is 18.3. The number of aromatic nitrogens is 1. The van der Waals surface area contributed by atoms with Crippen LogP contribution in [-0.4, -0.2) is 85.9 Å². The third-order valence-electron chi connectivity index (χ3n) is 8.20. The van der Waals surface area contributed by atoms with Gasteiger partial charge in [-0.1, -0.05) is 29.7 Å². The summed E-state index contributed by atoms with van der Waals surface area (Å²) in [5.74, 6) is 9.88. The van der Waals surface area contributed by atoms with E-state index in [4.69, 9.17) is 30.4 Å². The van der Waals surface area contributed by atoms with Gasteiger partial charge in [0, 0.05) is 42.4 Å². The van der Waals surface area contributed by atoms with Gasteiger partial charge in [0.15, 0.2) is 13.2 Å². The normalized spacial score (nSPS) is 13.9. The van der Waals surface area contributed by atoms with Crippen molar-refractivity contribution in [2.45, 2.75) is 51.1 Å². The number of pyridine rings is 1. The third kappa shape index (κ3) is 14.4. The van der Waals surface area contributed by atoms with Gasteiger partial charge in [0.05, 0.1) is 33.1 Å². The number of nitrogens with one attached hydrogen (secondary N) is 1. The van der Waals surface area contributed by atoms with Crippen molar-refractivity contribution >= 4 is 66.2 Å². The second kappa shape index (κ2) is 22.3. The highest BCUT2D eigenvalue weighted by Crippen LogP contribution is 2.22. The van der Waals surface area contributed by atoms with Gasteiger partial charge in [0.25, 0.3) is 0 Å². The van der Waals surface area contributed by atoms with E-state index in [0.29, 0.717) is 40.2 Å². The van der Waals surface area contributed by atoms with Crippen molar-refractivity contribution in [3.8, 4) is 23.7 Å². The number of nitrogens with two attached hydrogens (primary N) is 2. The molecule has 0 aliphatic carbocycles. The lowest BCUT2D eigenvalue weighted by atomic mass is 10.0. The van der Waals surface area contributed by atoms with Crippen molar-refractivity contribution < 1.29 is 42.9 Å². The minimum atomic E-state index is -0.848. The van der Waals surface area contributed by atoms with Crippen molar-refractivity contribution in [1.29, 1.82) is 0 Å². The van der Waals surface area contributed by atoms with Crippen LogP contribution in [-0.2, 0) is 57.4 Å². The first-order valence-electron chi connectivity index (χ1n) is 16.6. The van der Waals surface area contributed by atoms with E-state index in [1.54, 1.807) is 36.4 Å². The summed E-state index contributed by atoms with van der Waals surface area (Å²) in [6.45, 7) is 1.59. The zero-order valence-electron chi connectivity index (χ0n) is 30.5. The number of alkyl carbamates (subject to hydrolysis) is 1. The molecule has 1 saturated heterocycles. The van der Waals surface area contributed by atoms with Gasteiger partial charge in [-0.05, 0) is 78.1 Å². The first-order valence-corrected chi connectivity index (χ1v) is 16.6. The number of hydrogen-bond acceptors (Lipinski definition) is 12. The van der Waals surface area contributed by atoms with Gasteiger partial charge >= 0.3 is 24.0 Å². The monoisotopic (exact) mass is 795 g/mol. The number of esters is 3. The molecule has 0 spiro atoms. The lowest BCUT2D eigenvalue weighted by Crippen LogP contribution is -2.42. The summed E-state index contributed by atoms with van der Waals surface area (Å²) < 4.78 is 20.2. The summed E-state index contributed by atoms with van der Waals surface area (Å²) in [7, 11) is 2.53. The Bertz CT molecular complexity index is 1990. The molecule has 0 saturated carbocycles. The number of ether oxygens (including phenoxy) is 4. The van der Waals surface area contributed by atoms with Crippen molar-refractivity contribution in [3.63, 3.8) is 0 Å². The Morgan fingerprint density at radius 2 is 1.53 bits per heavy atom. The molecular weight excluding hydrogens is 753 g/mol. The Labute approximate surface area is 331 Å². The molecule has 2 unspecified atom stereocenters. The fourth-order valence-corrected chi connectivity index (χ4v) is 5.66. The maximum Gasteiger partial charge on any atom is 0.408 e. The van der Waals surface area contributed by atoms with Gasteiger partial charge in [-0.25, -0.2) is 14.6 Å². The molecule has 16 heteroatoms. The Morgan fingerprint density at radius 1 is 0.855 bits per heavy atom. The molecule has 55 heavy (non-hydrogen) atoms. The molecule has 0 bridgehead atoms. The number of anilines is 2. The lowest BCUT2D eigenvalue weighted by Gasteiger charge is -2.22. The molecule has 1 aromatic heterocycles. The highest BCUT2D eigenvalue weighted by atomic mass is 35.5. The first-order chi connectivity index (χ1) is 25.4. The molecule has 292 valence electrons. The first kappa shape index (κ1) is 45.2. The third-order valence-corrected chi connectivity index (χ3v) is 8.20. The number of amides is 2. The molecule has 14 nitrogen and oxygen atoms in total. The zero-order valence-corrected chi connectivity index (χ0v) is 32.2. The van der Waals surface area contributed by atoms with Crippen LogP contribution in [0.25, 0.3) is 0 Å². The number of carbonyl (C=O) groups is 5. The highest BCUT2D eigenvalue weighted by molar-refractivity contribution is 5.86. The van der Waals surface area contributed by atoms with Gasteiger partial charge in [-0.3, -0.25) is 14.4 Å². The maximum atomic E-state index is 13.2. The predicted octanol–water partition coefficient (Wildman–Crippen LogP) is 3.10. The van der Waals surface area contributed by atoms with Crippen LogP contribution in [0.4, 0.5) is 16.3 Å². The molecule has 3 aromatic rings. The van der Waals surface area contributed by atoms with Gasteiger partial charge in [0.1, 0.15) is 11.9 Å². The number of carbonyl (C=O) groups excluding carboxylic acids is 5. The van der Waals surface area contributed by atoms with Crippen molar-refractivity contribution in [3.05, 3.63) is 88.1 Å². The molecule has 0 radical (unpaired) electrons. The molecule has 1 fully saturated rings. The van der Waals surface area contributed by atoms with Crippen LogP contribution in [0.3, 0.4) is 0 Å². The van der Waals surface area contributed by atoms with Crippen LogP contribution in [0, 0.1) is 30.6 Å². The number of rotatable bonds is 11. The highest BCUT2D eigenvalue weighted by Gasteiger charge is 2.40. The Morgan fingerprint density at radius 3 is 2.16 bits per heavy atom. The minimum Gasteiger partial charge on any atom is -0.469 e. The van der Waals surface area contributed by atoms with Gasteiger partial charge in [-0.2, -0.15) is 0 Å². The van der Waals surface area contributed by atoms with Gasteiger partial charge < -0.3 is 40.6 Å². The van der Waals surface area contributed by atoms with Crippen LogP contribution < -0.4 is 16.8 Å². The van der Waals surface area contributed by atoms with Crippen LogP contribution in [0.15, 0.2) is 54.7 Å². The van der Waals surface area contributed by atoms with Crippen molar-refractivity contribution in [2.24, 2.45) is 0 Å². The summed E-state index contributed by atoms with van der Waals surface area (Å²) in [4.78, 5) is 67.8. The fourth-order valence-electron chi connectivity index (χ4n) is 5.66. The molecule has 5 N–H and O–H groups in total. The standard InChI is InChI=1S/C39H41N5O9.2ClH/c1-25-16-31(40)10-8-30(25)9-11-35(45)44-24-32(23-33(44)38(48)51-3)43-39(49)53-15-5-7-27-17-26(18-29(19-27)22-36(46)50-2)6-4-14-52-37(47)21-28-12-13-42-34(41)20-28;;/h8,10,12-13,16-20,32-33H,9,11,14-15,21-24,40H2,1-3H3,(H2,41,42)(H,43,49);2*1H. The summed E-state index contributed by atoms with van der Waals surface area (Å²) in [6.07, 6.45) is 1.51. The Balaban J connectivity index is 0.00000523. The molecule has 4 rings (SSSR count). The smallest absolute Gasteiger partial charge is 0.408 e. The van der Waals surface area contributed by atoms with Crippen LogP contribution in [0.2, 0.25) is 0 Å². The number of nitrogens with zero attached hydrogens (tertiary/aromatic N) is 2. The molecule has 2 amide bonds. The second-order valence-corrected chi connectivity index (χ2v) is 12.1. The number of benzene rings is 2. The quantitative estimate of drug-likeness (QED) is 0.111. The van der Waals surface area contributed by atoms with Crippen LogP contribution in [0.1, 0.15) is 46.2 Å². The molecule has 2 heterocycles. The second-order valence-electron chi connectivity index (χ2n) is 12.1. The molecule has 1 aliphatic heterocycles. The van der Waals surface area contributed by atoms with Gasteiger partial charge in [0.2, 0.25) is 5.91 Å². The van der Waals surface area contributed by atoms with Gasteiger partial charge in [-0.15, -0.1) is 24.8 Å². The van der Waals surface area contributed by atoms with Crippen LogP contribution >= 0.6 is 24.8 Å².